The standard InChI is InChI=1S/C19H17ClFN3O2S/c1-10-9-24(3-2-22-10)19(26)14-5-11(4-12-8-23-27-18(12)14)17-15(20)6-13(25)7-16(17)21/h4-8,10,22,25H,2-3,9H2,1H3/t10-/m1/s1. The van der Waals surface area contributed by atoms with E-state index in [0.29, 0.717) is 24.2 Å². The fourth-order valence-electron chi connectivity index (χ4n) is 3.41. The van der Waals surface area contributed by atoms with Gasteiger partial charge in [0.25, 0.3) is 5.91 Å². The number of halogens is 2. The van der Waals surface area contributed by atoms with Crippen LogP contribution in [0.25, 0.3) is 21.2 Å². The molecule has 2 N–H and O–H groups in total. The molecule has 0 aliphatic carbocycles. The SMILES string of the molecule is C[C@@H]1CN(C(=O)c2cc(-c3c(F)cc(O)cc3Cl)cc3cnsc23)CCN1. The van der Waals surface area contributed by atoms with Gasteiger partial charge in [-0.05, 0) is 42.2 Å². The van der Waals surface area contributed by atoms with Crippen LogP contribution in [0.1, 0.15) is 17.3 Å². The molecular formula is C19H17ClFN3O2S. The van der Waals surface area contributed by atoms with Crippen molar-refractivity contribution in [3.63, 3.8) is 0 Å². The van der Waals surface area contributed by atoms with E-state index in [2.05, 4.69) is 9.69 Å². The predicted octanol–water partition coefficient (Wildman–Crippen LogP) is 3.90. The molecule has 27 heavy (non-hydrogen) atoms. The van der Waals surface area contributed by atoms with Crippen molar-refractivity contribution in [3.8, 4) is 16.9 Å². The Bertz CT molecular complexity index is 1020. The molecule has 2 aromatic carbocycles. The third-order valence-electron chi connectivity index (χ3n) is 4.66. The number of nitrogens with zero attached hydrogens (tertiary/aromatic N) is 2. The van der Waals surface area contributed by atoms with E-state index in [4.69, 9.17) is 11.6 Å². The second-order valence-corrected chi connectivity index (χ2v) is 7.87. The average molecular weight is 406 g/mol. The molecule has 140 valence electrons. The molecule has 8 heteroatoms. The summed E-state index contributed by atoms with van der Waals surface area (Å²) < 4.78 is 19.5. The second-order valence-electron chi connectivity index (χ2n) is 6.66. The molecule has 0 radical (unpaired) electrons. The fourth-order valence-corrected chi connectivity index (χ4v) is 4.46. The van der Waals surface area contributed by atoms with Crippen molar-refractivity contribution in [3.05, 3.63) is 46.9 Å². The highest BCUT2D eigenvalue weighted by molar-refractivity contribution is 7.13. The topological polar surface area (TPSA) is 65.5 Å². The summed E-state index contributed by atoms with van der Waals surface area (Å²) in [5.41, 5.74) is 1.13. The summed E-state index contributed by atoms with van der Waals surface area (Å²) in [4.78, 5) is 15.0. The Labute approximate surface area is 164 Å². The minimum atomic E-state index is -0.642. The molecule has 2 heterocycles. The van der Waals surface area contributed by atoms with Crippen molar-refractivity contribution < 1.29 is 14.3 Å². The first-order valence-corrected chi connectivity index (χ1v) is 9.68. The molecule has 1 fully saturated rings. The lowest BCUT2D eigenvalue weighted by molar-refractivity contribution is 0.0711. The predicted molar refractivity (Wildman–Crippen MR) is 105 cm³/mol. The molecule has 0 spiro atoms. The number of fused-ring (bicyclic) bond motifs is 1. The zero-order valence-corrected chi connectivity index (χ0v) is 16.1. The molecule has 1 aliphatic rings. The number of hydrogen-bond donors (Lipinski definition) is 2. The van der Waals surface area contributed by atoms with E-state index in [0.717, 1.165) is 22.7 Å². The maximum absolute atomic E-state index is 14.5. The van der Waals surface area contributed by atoms with Crippen LogP contribution < -0.4 is 5.32 Å². The van der Waals surface area contributed by atoms with Crippen LogP contribution in [-0.4, -0.2) is 46.0 Å². The highest BCUT2D eigenvalue weighted by Gasteiger charge is 2.25. The van der Waals surface area contributed by atoms with Crippen molar-refractivity contribution in [2.45, 2.75) is 13.0 Å². The molecule has 1 aliphatic heterocycles. The van der Waals surface area contributed by atoms with E-state index in [9.17, 15) is 14.3 Å². The number of carbonyl (C=O) groups is 1. The highest BCUT2D eigenvalue weighted by atomic mass is 35.5. The van der Waals surface area contributed by atoms with Gasteiger partial charge in [-0.3, -0.25) is 4.79 Å². The lowest BCUT2D eigenvalue weighted by Crippen LogP contribution is -2.51. The summed E-state index contributed by atoms with van der Waals surface area (Å²) in [6, 6.07) is 5.94. The van der Waals surface area contributed by atoms with Crippen LogP contribution >= 0.6 is 23.1 Å². The van der Waals surface area contributed by atoms with E-state index in [1.807, 2.05) is 6.92 Å². The van der Waals surface area contributed by atoms with Gasteiger partial charge in [0.2, 0.25) is 0 Å². The molecule has 3 aromatic rings. The first-order valence-electron chi connectivity index (χ1n) is 8.53. The number of aromatic nitrogens is 1. The van der Waals surface area contributed by atoms with Gasteiger partial charge in [-0.25, -0.2) is 4.39 Å². The Hall–Kier alpha value is -2.22. The number of amides is 1. The maximum Gasteiger partial charge on any atom is 0.255 e. The van der Waals surface area contributed by atoms with Gasteiger partial charge in [0.15, 0.2) is 0 Å². The number of benzene rings is 2. The van der Waals surface area contributed by atoms with Crippen LogP contribution in [0.15, 0.2) is 30.5 Å². The molecule has 1 amide bonds. The van der Waals surface area contributed by atoms with Crippen molar-refractivity contribution in [1.29, 1.82) is 0 Å². The van der Waals surface area contributed by atoms with Crippen molar-refractivity contribution in [2.24, 2.45) is 0 Å². The number of carbonyl (C=O) groups excluding carboxylic acids is 1. The quantitative estimate of drug-likeness (QED) is 0.678. The zero-order chi connectivity index (χ0) is 19.1. The summed E-state index contributed by atoms with van der Waals surface area (Å²) in [6.45, 7) is 3.99. The molecule has 1 saturated heterocycles. The zero-order valence-electron chi connectivity index (χ0n) is 14.5. The Morgan fingerprint density at radius 2 is 2.22 bits per heavy atom. The molecule has 5 nitrogen and oxygen atoms in total. The van der Waals surface area contributed by atoms with Crippen molar-refractivity contribution in [2.75, 3.05) is 19.6 Å². The molecule has 0 saturated carbocycles. The van der Waals surface area contributed by atoms with Gasteiger partial charge in [-0.15, -0.1) is 0 Å². The van der Waals surface area contributed by atoms with Gasteiger partial charge in [0.1, 0.15) is 11.6 Å². The smallest absolute Gasteiger partial charge is 0.255 e. The van der Waals surface area contributed by atoms with Gasteiger partial charge in [-0.1, -0.05) is 11.6 Å². The van der Waals surface area contributed by atoms with E-state index in [1.165, 1.54) is 17.6 Å². The van der Waals surface area contributed by atoms with E-state index in [1.54, 1.807) is 23.2 Å². The molecule has 4 rings (SSSR count). The van der Waals surface area contributed by atoms with Crippen LogP contribution in [0, 0.1) is 5.82 Å². The summed E-state index contributed by atoms with van der Waals surface area (Å²) >= 11 is 7.42. The Morgan fingerprint density at radius 3 is 2.96 bits per heavy atom. The molecule has 0 bridgehead atoms. The minimum absolute atomic E-state index is 0.0873. The number of hydrogen-bond acceptors (Lipinski definition) is 5. The Morgan fingerprint density at radius 1 is 1.41 bits per heavy atom. The summed E-state index contributed by atoms with van der Waals surface area (Å²) in [7, 11) is 0. The average Bonchev–Trinajstić information content (AvgIpc) is 3.08. The maximum atomic E-state index is 14.5. The normalized spacial score (nSPS) is 17.4. The van der Waals surface area contributed by atoms with E-state index >= 15 is 0 Å². The van der Waals surface area contributed by atoms with Gasteiger partial charge in [-0.2, -0.15) is 4.37 Å². The number of aromatic hydroxyl groups is 1. The van der Waals surface area contributed by atoms with Gasteiger partial charge in [0, 0.05) is 48.9 Å². The van der Waals surface area contributed by atoms with Crippen LogP contribution in [0.5, 0.6) is 5.75 Å². The summed E-state index contributed by atoms with van der Waals surface area (Å²) in [6.07, 6.45) is 1.66. The van der Waals surface area contributed by atoms with Gasteiger partial charge in [0.05, 0.1) is 15.3 Å². The molecular weight excluding hydrogens is 389 g/mol. The lowest BCUT2D eigenvalue weighted by atomic mass is 9.99. The van der Waals surface area contributed by atoms with Gasteiger partial charge >= 0.3 is 0 Å². The highest BCUT2D eigenvalue weighted by Crippen LogP contribution is 2.37. The van der Waals surface area contributed by atoms with Crippen LogP contribution in [0.4, 0.5) is 4.39 Å². The molecule has 1 atom stereocenters. The summed E-state index contributed by atoms with van der Waals surface area (Å²) in [5.74, 6) is -0.989. The Balaban J connectivity index is 1.85. The van der Waals surface area contributed by atoms with E-state index in [-0.39, 0.29) is 28.3 Å². The molecule has 0 unspecified atom stereocenters. The Kier molecular flexibility index (Phi) is 4.75. The van der Waals surface area contributed by atoms with Crippen molar-refractivity contribution >= 4 is 39.1 Å². The third kappa shape index (κ3) is 3.38. The number of rotatable bonds is 2. The number of nitrogens with one attached hydrogen (secondary N) is 1. The number of phenolic OH excluding ortho intramolecular Hbond substituents is 1. The summed E-state index contributed by atoms with van der Waals surface area (Å²) in [5, 5.41) is 13.7. The first kappa shape index (κ1) is 18.2. The number of phenols is 1. The van der Waals surface area contributed by atoms with Gasteiger partial charge < -0.3 is 15.3 Å². The number of piperazine rings is 1. The largest absolute Gasteiger partial charge is 0.508 e. The second kappa shape index (κ2) is 7.07. The first-order chi connectivity index (χ1) is 12.9. The van der Waals surface area contributed by atoms with Crippen LogP contribution in [0.2, 0.25) is 5.02 Å². The van der Waals surface area contributed by atoms with Crippen LogP contribution in [0.3, 0.4) is 0 Å². The lowest BCUT2D eigenvalue weighted by Gasteiger charge is -2.32. The monoisotopic (exact) mass is 405 g/mol. The van der Waals surface area contributed by atoms with E-state index < -0.39 is 5.82 Å². The fraction of sp³-hybridized carbons (Fsp3) is 0.263. The minimum Gasteiger partial charge on any atom is -0.508 e. The third-order valence-corrected chi connectivity index (χ3v) is 5.80. The van der Waals surface area contributed by atoms with Crippen LogP contribution in [-0.2, 0) is 0 Å². The van der Waals surface area contributed by atoms with Crippen molar-refractivity contribution in [1.82, 2.24) is 14.6 Å². The molecule has 1 aromatic heterocycles.